The molecule has 1 aromatic heterocycles. The zero-order chi connectivity index (χ0) is 14.5. The van der Waals surface area contributed by atoms with E-state index in [1.165, 1.54) is 0 Å². The Labute approximate surface area is 136 Å². The molecular formula is C14H14BrCl2NO2. The summed E-state index contributed by atoms with van der Waals surface area (Å²) in [5.41, 5.74) is 0. The van der Waals surface area contributed by atoms with Crippen LogP contribution in [0.1, 0.15) is 12.7 Å². The second-order valence-electron chi connectivity index (χ2n) is 4.34. The number of nitrogens with one attached hydrogen (secondary N) is 1. The quantitative estimate of drug-likeness (QED) is 0.725. The van der Waals surface area contributed by atoms with Crippen molar-refractivity contribution < 1.29 is 9.15 Å². The van der Waals surface area contributed by atoms with Crippen molar-refractivity contribution in [3.8, 4) is 5.75 Å². The molecule has 108 valence electrons. The molecule has 2 rings (SSSR count). The van der Waals surface area contributed by atoms with Crippen molar-refractivity contribution >= 4 is 39.1 Å². The van der Waals surface area contributed by atoms with Gasteiger partial charge in [-0.15, -0.1) is 0 Å². The first-order chi connectivity index (χ1) is 9.56. The van der Waals surface area contributed by atoms with Gasteiger partial charge in [0.05, 0.1) is 22.9 Å². The minimum Gasteiger partial charge on any atom is -0.488 e. The van der Waals surface area contributed by atoms with E-state index in [9.17, 15) is 0 Å². The third kappa shape index (κ3) is 4.42. The van der Waals surface area contributed by atoms with Crippen LogP contribution >= 0.6 is 39.1 Å². The lowest BCUT2D eigenvalue weighted by atomic mass is 10.3. The van der Waals surface area contributed by atoms with Crippen LogP contribution in [0.5, 0.6) is 5.75 Å². The second-order valence-corrected chi connectivity index (χ2v) is 6.00. The predicted molar refractivity (Wildman–Crippen MR) is 84.7 cm³/mol. The topological polar surface area (TPSA) is 34.4 Å². The number of hydrogen-bond acceptors (Lipinski definition) is 3. The molecule has 0 spiro atoms. The van der Waals surface area contributed by atoms with E-state index in [0.717, 1.165) is 10.2 Å². The maximum atomic E-state index is 6.11. The Hall–Kier alpha value is -0.680. The van der Waals surface area contributed by atoms with E-state index in [0.29, 0.717) is 28.9 Å². The van der Waals surface area contributed by atoms with Gasteiger partial charge in [-0.3, -0.25) is 0 Å². The van der Waals surface area contributed by atoms with Crippen LogP contribution in [-0.4, -0.2) is 12.6 Å². The SMILES string of the molecule is CC(CNCc1ccco1)Oc1cc(Cl)c(Br)cc1Cl. The van der Waals surface area contributed by atoms with E-state index in [2.05, 4.69) is 21.2 Å². The second kappa shape index (κ2) is 7.36. The van der Waals surface area contributed by atoms with Crippen molar-refractivity contribution in [1.29, 1.82) is 0 Å². The van der Waals surface area contributed by atoms with Crippen molar-refractivity contribution in [3.05, 3.63) is 50.8 Å². The van der Waals surface area contributed by atoms with E-state index in [4.69, 9.17) is 32.4 Å². The highest BCUT2D eigenvalue weighted by Gasteiger charge is 2.10. The van der Waals surface area contributed by atoms with Gasteiger partial charge in [-0.25, -0.2) is 0 Å². The Balaban J connectivity index is 1.85. The Morgan fingerprint density at radius 3 is 2.85 bits per heavy atom. The van der Waals surface area contributed by atoms with E-state index in [1.54, 1.807) is 18.4 Å². The summed E-state index contributed by atoms with van der Waals surface area (Å²) >= 11 is 15.5. The van der Waals surface area contributed by atoms with Crippen LogP contribution in [0.25, 0.3) is 0 Å². The summed E-state index contributed by atoms with van der Waals surface area (Å²) in [6.45, 7) is 3.29. The summed E-state index contributed by atoms with van der Waals surface area (Å²) < 4.78 is 11.8. The van der Waals surface area contributed by atoms with Gasteiger partial charge < -0.3 is 14.5 Å². The van der Waals surface area contributed by atoms with E-state index in [1.807, 2.05) is 19.1 Å². The highest BCUT2D eigenvalue weighted by atomic mass is 79.9. The van der Waals surface area contributed by atoms with Gasteiger partial charge in [0, 0.05) is 17.1 Å². The highest BCUT2D eigenvalue weighted by molar-refractivity contribution is 9.10. The third-order valence-electron chi connectivity index (χ3n) is 2.61. The molecule has 1 N–H and O–H groups in total. The number of hydrogen-bond donors (Lipinski definition) is 1. The molecule has 20 heavy (non-hydrogen) atoms. The van der Waals surface area contributed by atoms with Gasteiger partial charge in [-0.2, -0.15) is 0 Å². The van der Waals surface area contributed by atoms with Crippen molar-refractivity contribution in [2.45, 2.75) is 19.6 Å². The van der Waals surface area contributed by atoms with Crippen LogP contribution < -0.4 is 10.1 Å². The maximum absolute atomic E-state index is 6.11. The summed E-state index contributed by atoms with van der Waals surface area (Å²) in [5.74, 6) is 1.47. The Morgan fingerprint density at radius 1 is 1.35 bits per heavy atom. The number of halogens is 3. The van der Waals surface area contributed by atoms with E-state index < -0.39 is 0 Å². The van der Waals surface area contributed by atoms with Crippen LogP contribution in [-0.2, 0) is 6.54 Å². The zero-order valence-corrected chi connectivity index (χ0v) is 13.9. The first-order valence-corrected chi connectivity index (χ1v) is 7.65. The van der Waals surface area contributed by atoms with Crippen LogP contribution in [0.3, 0.4) is 0 Å². The Bertz CT molecular complexity index is 561. The highest BCUT2D eigenvalue weighted by Crippen LogP contribution is 2.34. The van der Waals surface area contributed by atoms with Crippen molar-refractivity contribution in [2.24, 2.45) is 0 Å². The monoisotopic (exact) mass is 377 g/mol. The fourth-order valence-corrected chi connectivity index (χ4v) is 2.50. The van der Waals surface area contributed by atoms with Gasteiger partial charge in [-0.05, 0) is 41.1 Å². The minimum atomic E-state index is -0.0419. The number of furan rings is 1. The van der Waals surface area contributed by atoms with Crippen molar-refractivity contribution in [3.63, 3.8) is 0 Å². The maximum Gasteiger partial charge on any atom is 0.139 e. The summed E-state index contributed by atoms with van der Waals surface area (Å²) in [7, 11) is 0. The van der Waals surface area contributed by atoms with Gasteiger partial charge in [0.1, 0.15) is 17.6 Å². The number of benzene rings is 1. The van der Waals surface area contributed by atoms with Gasteiger partial charge in [0.15, 0.2) is 0 Å². The van der Waals surface area contributed by atoms with E-state index >= 15 is 0 Å². The fourth-order valence-electron chi connectivity index (χ4n) is 1.66. The van der Waals surface area contributed by atoms with Gasteiger partial charge in [0.2, 0.25) is 0 Å². The molecule has 0 radical (unpaired) electrons. The first-order valence-electron chi connectivity index (χ1n) is 6.10. The van der Waals surface area contributed by atoms with Crippen LogP contribution in [0, 0.1) is 0 Å². The molecule has 0 aliphatic carbocycles. The lowest BCUT2D eigenvalue weighted by Gasteiger charge is -2.16. The van der Waals surface area contributed by atoms with Crippen LogP contribution in [0.15, 0.2) is 39.4 Å². The van der Waals surface area contributed by atoms with Crippen molar-refractivity contribution in [1.82, 2.24) is 5.32 Å². The molecule has 0 amide bonds. The van der Waals surface area contributed by atoms with Crippen molar-refractivity contribution in [2.75, 3.05) is 6.54 Å². The molecule has 1 aromatic carbocycles. The molecular weight excluding hydrogens is 365 g/mol. The molecule has 1 unspecified atom stereocenters. The molecule has 0 saturated heterocycles. The molecule has 6 heteroatoms. The van der Waals surface area contributed by atoms with Crippen LogP contribution in [0.2, 0.25) is 10.0 Å². The van der Waals surface area contributed by atoms with Gasteiger partial charge in [-0.1, -0.05) is 23.2 Å². The molecule has 1 atom stereocenters. The molecule has 3 nitrogen and oxygen atoms in total. The minimum absolute atomic E-state index is 0.0419. The number of ether oxygens (including phenoxy) is 1. The van der Waals surface area contributed by atoms with Gasteiger partial charge in [0.25, 0.3) is 0 Å². The molecule has 0 fully saturated rings. The normalized spacial score (nSPS) is 12.4. The van der Waals surface area contributed by atoms with E-state index in [-0.39, 0.29) is 6.10 Å². The predicted octanol–water partition coefficient (Wildman–Crippen LogP) is 4.91. The number of rotatable bonds is 6. The average Bonchev–Trinajstić information content (AvgIpc) is 2.89. The summed E-state index contributed by atoms with van der Waals surface area (Å²) in [4.78, 5) is 0. The largest absolute Gasteiger partial charge is 0.488 e. The first kappa shape index (κ1) is 15.7. The summed E-state index contributed by atoms with van der Waals surface area (Å²) in [6, 6.07) is 7.21. The standard InChI is InChI=1S/C14H14BrCl2NO2/c1-9(7-18-8-10-3-2-4-19-10)20-14-6-12(16)11(15)5-13(14)17/h2-6,9,18H,7-8H2,1H3. The molecule has 0 saturated carbocycles. The molecule has 0 aliphatic rings. The molecule has 0 bridgehead atoms. The van der Waals surface area contributed by atoms with Crippen LogP contribution in [0.4, 0.5) is 0 Å². The molecule has 2 aromatic rings. The summed E-state index contributed by atoms with van der Waals surface area (Å²) in [6.07, 6.45) is 1.61. The summed E-state index contributed by atoms with van der Waals surface area (Å²) in [5, 5.41) is 4.35. The third-order valence-corrected chi connectivity index (χ3v) is 4.11. The molecule has 1 heterocycles. The zero-order valence-electron chi connectivity index (χ0n) is 10.8. The van der Waals surface area contributed by atoms with Gasteiger partial charge >= 0.3 is 0 Å². The lowest BCUT2D eigenvalue weighted by molar-refractivity contribution is 0.215. The molecule has 0 aliphatic heterocycles. The lowest BCUT2D eigenvalue weighted by Crippen LogP contribution is -2.28. The average molecular weight is 379 g/mol. The smallest absolute Gasteiger partial charge is 0.139 e. The Kier molecular flexibility index (Phi) is 5.78. The Morgan fingerprint density at radius 2 is 2.15 bits per heavy atom. The fraction of sp³-hybridized carbons (Fsp3) is 0.286.